The molecule has 0 saturated carbocycles. The van der Waals surface area contributed by atoms with Gasteiger partial charge in [-0.2, -0.15) is 0 Å². The van der Waals surface area contributed by atoms with Crippen LogP contribution < -0.4 is 11.1 Å². The summed E-state index contributed by atoms with van der Waals surface area (Å²) in [6.07, 6.45) is 6.11. The van der Waals surface area contributed by atoms with E-state index in [1.54, 1.807) is 30.8 Å². The molecule has 118 valence electrons. The van der Waals surface area contributed by atoms with E-state index in [0.29, 0.717) is 31.0 Å². The third kappa shape index (κ3) is 5.99. The van der Waals surface area contributed by atoms with Crippen LogP contribution in [0.15, 0.2) is 12.3 Å². The minimum Gasteiger partial charge on any atom is -0.461 e. The molecule has 0 aliphatic carbocycles. The van der Waals surface area contributed by atoms with Crippen molar-refractivity contribution in [3.63, 3.8) is 0 Å². The SMILES string of the molecule is CCOC(=O)c1cc(NC(=O)CCCCCCN)cn1C. The first-order valence-electron chi connectivity index (χ1n) is 7.42. The van der Waals surface area contributed by atoms with Crippen LogP contribution >= 0.6 is 0 Å². The van der Waals surface area contributed by atoms with Crippen LogP contribution in [0.4, 0.5) is 5.69 Å². The van der Waals surface area contributed by atoms with E-state index >= 15 is 0 Å². The first-order valence-corrected chi connectivity index (χ1v) is 7.42. The summed E-state index contributed by atoms with van der Waals surface area (Å²) in [5.74, 6) is -0.425. The molecule has 0 spiro atoms. The number of carbonyl (C=O) groups is 2. The van der Waals surface area contributed by atoms with Crippen molar-refractivity contribution in [1.82, 2.24) is 4.57 Å². The molecule has 3 N–H and O–H groups in total. The van der Waals surface area contributed by atoms with Gasteiger partial charge in [0.05, 0.1) is 12.3 Å². The van der Waals surface area contributed by atoms with Gasteiger partial charge in [0.15, 0.2) is 0 Å². The number of amides is 1. The molecular formula is C15H25N3O3. The number of aromatic nitrogens is 1. The van der Waals surface area contributed by atoms with E-state index in [1.807, 2.05) is 0 Å². The van der Waals surface area contributed by atoms with E-state index in [9.17, 15) is 9.59 Å². The average molecular weight is 295 g/mol. The lowest BCUT2D eigenvalue weighted by Gasteiger charge is -2.02. The molecule has 1 aromatic heterocycles. The van der Waals surface area contributed by atoms with Gasteiger partial charge >= 0.3 is 5.97 Å². The summed E-state index contributed by atoms with van der Waals surface area (Å²) in [7, 11) is 1.74. The van der Waals surface area contributed by atoms with E-state index in [1.165, 1.54) is 0 Å². The zero-order valence-electron chi connectivity index (χ0n) is 12.9. The Balaban J connectivity index is 2.42. The molecule has 0 aliphatic heterocycles. The van der Waals surface area contributed by atoms with Gasteiger partial charge in [-0.15, -0.1) is 0 Å². The van der Waals surface area contributed by atoms with Crippen molar-refractivity contribution < 1.29 is 14.3 Å². The molecule has 0 bridgehead atoms. The van der Waals surface area contributed by atoms with Crippen LogP contribution in [0.25, 0.3) is 0 Å². The van der Waals surface area contributed by atoms with Crippen molar-refractivity contribution in [2.45, 2.75) is 39.0 Å². The van der Waals surface area contributed by atoms with Gasteiger partial charge in [0.1, 0.15) is 5.69 Å². The quantitative estimate of drug-likeness (QED) is 0.539. The molecule has 0 atom stereocenters. The number of hydrogen-bond donors (Lipinski definition) is 2. The Bertz CT molecular complexity index is 469. The minimum absolute atomic E-state index is 0.0382. The lowest BCUT2D eigenvalue weighted by atomic mass is 10.1. The lowest BCUT2D eigenvalue weighted by molar-refractivity contribution is -0.116. The summed E-state index contributed by atoms with van der Waals surface area (Å²) in [6.45, 7) is 2.79. The zero-order chi connectivity index (χ0) is 15.7. The number of nitrogens with one attached hydrogen (secondary N) is 1. The van der Waals surface area contributed by atoms with Crippen LogP contribution in [0.3, 0.4) is 0 Å². The molecule has 1 rings (SSSR count). The first-order chi connectivity index (χ1) is 10.1. The number of esters is 1. The number of aryl methyl sites for hydroxylation is 1. The predicted molar refractivity (Wildman–Crippen MR) is 82.1 cm³/mol. The van der Waals surface area contributed by atoms with E-state index in [4.69, 9.17) is 10.5 Å². The molecule has 0 aromatic carbocycles. The highest BCUT2D eigenvalue weighted by Gasteiger charge is 2.13. The van der Waals surface area contributed by atoms with Crippen LogP contribution in [0.1, 0.15) is 49.5 Å². The van der Waals surface area contributed by atoms with Crippen molar-refractivity contribution in [2.24, 2.45) is 12.8 Å². The molecule has 0 saturated heterocycles. The predicted octanol–water partition coefficient (Wildman–Crippen LogP) is 2.05. The minimum atomic E-state index is -0.387. The van der Waals surface area contributed by atoms with Crippen molar-refractivity contribution in [3.8, 4) is 0 Å². The average Bonchev–Trinajstić information content (AvgIpc) is 2.79. The lowest BCUT2D eigenvalue weighted by Crippen LogP contribution is -2.10. The molecule has 0 fully saturated rings. The Morgan fingerprint density at radius 2 is 2.00 bits per heavy atom. The molecule has 6 heteroatoms. The largest absolute Gasteiger partial charge is 0.461 e. The van der Waals surface area contributed by atoms with Crippen molar-refractivity contribution in [1.29, 1.82) is 0 Å². The van der Waals surface area contributed by atoms with Crippen LogP contribution in [0, 0.1) is 0 Å². The Kier molecular flexibility index (Phi) is 7.53. The summed E-state index contributed by atoms with van der Waals surface area (Å²) in [6, 6.07) is 1.63. The molecular weight excluding hydrogens is 270 g/mol. The van der Waals surface area contributed by atoms with Crippen LogP contribution in [-0.2, 0) is 16.6 Å². The number of anilines is 1. The second-order valence-electron chi connectivity index (χ2n) is 4.95. The van der Waals surface area contributed by atoms with E-state index in [0.717, 1.165) is 25.7 Å². The molecule has 0 unspecified atom stereocenters. The maximum absolute atomic E-state index is 11.8. The van der Waals surface area contributed by atoms with Crippen molar-refractivity contribution in [3.05, 3.63) is 18.0 Å². The molecule has 1 heterocycles. The third-order valence-electron chi connectivity index (χ3n) is 3.13. The van der Waals surface area contributed by atoms with Gasteiger partial charge in [-0.05, 0) is 32.4 Å². The molecule has 0 aliphatic rings. The molecule has 1 amide bonds. The highest BCUT2D eigenvalue weighted by Crippen LogP contribution is 2.14. The van der Waals surface area contributed by atoms with E-state index in [2.05, 4.69) is 5.32 Å². The molecule has 1 aromatic rings. The second-order valence-corrected chi connectivity index (χ2v) is 4.95. The number of hydrogen-bond acceptors (Lipinski definition) is 4. The number of rotatable bonds is 9. The Morgan fingerprint density at radius 1 is 1.29 bits per heavy atom. The highest BCUT2D eigenvalue weighted by molar-refractivity contribution is 5.94. The van der Waals surface area contributed by atoms with Gasteiger partial charge in [-0.3, -0.25) is 4.79 Å². The van der Waals surface area contributed by atoms with Gasteiger partial charge in [-0.1, -0.05) is 12.8 Å². The van der Waals surface area contributed by atoms with Crippen molar-refractivity contribution in [2.75, 3.05) is 18.5 Å². The van der Waals surface area contributed by atoms with Crippen molar-refractivity contribution >= 4 is 17.6 Å². The van der Waals surface area contributed by atoms with Gasteiger partial charge in [0, 0.05) is 19.7 Å². The summed E-state index contributed by atoms with van der Waals surface area (Å²) in [5, 5.41) is 2.80. The zero-order valence-corrected chi connectivity index (χ0v) is 12.9. The summed E-state index contributed by atoms with van der Waals surface area (Å²) in [5.41, 5.74) is 6.46. The van der Waals surface area contributed by atoms with Gasteiger partial charge < -0.3 is 20.4 Å². The summed E-state index contributed by atoms with van der Waals surface area (Å²) < 4.78 is 6.59. The highest BCUT2D eigenvalue weighted by atomic mass is 16.5. The first kappa shape index (κ1) is 17.2. The fourth-order valence-electron chi connectivity index (χ4n) is 2.05. The Hall–Kier alpha value is -1.82. The van der Waals surface area contributed by atoms with Gasteiger partial charge in [-0.25, -0.2) is 4.79 Å². The smallest absolute Gasteiger partial charge is 0.355 e. The summed E-state index contributed by atoms with van der Waals surface area (Å²) >= 11 is 0. The van der Waals surface area contributed by atoms with E-state index in [-0.39, 0.29) is 11.9 Å². The maximum atomic E-state index is 11.8. The maximum Gasteiger partial charge on any atom is 0.355 e. The number of nitrogens with zero attached hydrogens (tertiary/aromatic N) is 1. The third-order valence-corrected chi connectivity index (χ3v) is 3.13. The molecule has 6 nitrogen and oxygen atoms in total. The number of carbonyl (C=O) groups excluding carboxylic acids is 2. The fourth-order valence-corrected chi connectivity index (χ4v) is 2.05. The Labute approximate surface area is 125 Å². The Morgan fingerprint density at radius 3 is 2.67 bits per heavy atom. The normalized spacial score (nSPS) is 10.4. The number of unbranched alkanes of at least 4 members (excludes halogenated alkanes) is 3. The van der Waals surface area contributed by atoms with Crippen LogP contribution in [0.2, 0.25) is 0 Å². The van der Waals surface area contributed by atoms with Gasteiger partial charge in [0.2, 0.25) is 5.91 Å². The van der Waals surface area contributed by atoms with Gasteiger partial charge in [0.25, 0.3) is 0 Å². The summed E-state index contributed by atoms with van der Waals surface area (Å²) in [4.78, 5) is 23.5. The monoisotopic (exact) mass is 295 g/mol. The van der Waals surface area contributed by atoms with Crippen LogP contribution in [-0.4, -0.2) is 29.6 Å². The topological polar surface area (TPSA) is 86.3 Å². The molecule has 21 heavy (non-hydrogen) atoms. The standard InChI is InChI=1S/C15H25N3O3/c1-3-21-15(20)13-10-12(11-18(13)2)17-14(19)8-6-4-5-7-9-16/h10-11H,3-9,16H2,1-2H3,(H,17,19). The van der Waals surface area contributed by atoms with Crippen LogP contribution in [0.5, 0.6) is 0 Å². The second kappa shape index (κ2) is 9.18. The fraction of sp³-hybridized carbons (Fsp3) is 0.600. The van der Waals surface area contributed by atoms with E-state index < -0.39 is 0 Å². The number of ether oxygens (including phenoxy) is 1. The molecule has 0 radical (unpaired) electrons. The number of nitrogens with two attached hydrogens (primary N) is 1.